The second-order valence-electron chi connectivity index (χ2n) is 32.0. The maximum absolute atomic E-state index is 15.4. The third-order valence-corrected chi connectivity index (χ3v) is 38.7. The Labute approximate surface area is 517 Å². The Bertz CT molecular complexity index is 2280. The number of methoxy groups -OCH3 is 3. The van der Waals surface area contributed by atoms with Gasteiger partial charge < -0.3 is 41.6 Å². The monoisotopic (exact) mass is 1250 g/mol. The van der Waals surface area contributed by atoms with Crippen molar-refractivity contribution in [3.63, 3.8) is 0 Å². The van der Waals surface area contributed by atoms with Gasteiger partial charge in [-0.15, -0.1) is 0 Å². The topological polar surface area (TPSA) is 145 Å². The number of carbonyl (C=O) groups is 4. The minimum atomic E-state index is -2.60. The van der Waals surface area contributed by atoms with E-state index in [-0.39, 0.29) is 69.5 Å². The predicted molar refractivity (Wildman–Crippen MR) is 354 cm³/mol. The molecule has 0 aromatic rings. The molecule has 1 saturated carbocycles. The summed E-state index contributed by atoms with van der Waals surface area (Å²) in [6.45, 7) is 57.7. The van der Waals surface area contributed by atoms with Crippen LogP contribution < -0.4 is 0 Å². The number of esters is 1. The Hall–Kier alpha value is -2.07. The summed E-state index contributed by atoms with van der Waals surface area (Å²) in [6.07, 6.45) is 9.88. The van der Waals surface area contributed by atoms with E-state index in [0.717, 1.165) is 43.4 Å². The van der Waals surface area contributed by atoms with Gasteiger partial charge in [0.05, 0.1) is 42.4 Å². The second-order valence-corrected chi connectivity index (χ2v) is 51.0. The Balaban J connectivity index is 2.49. The van der Waals surface area contributed by atoms with E-state index in [1.54, 1.807) is 28.3 Å². The zero-order valence-corrected chi connectivity index (χ0v) is 62.9. The van der Waals surface area contributed by atoms with Crippen molar-refractivity contribution in [1.29, 1.82) is 0 Å². The van der Waals surface area contributed by atoms with Gasteiger partial charge in [-0.05, 0) is 174 Å². The van der Waals surface area contributed by atoms with Crippen LogP contribution in [0.4, 0.5) is 0 Å². The summed E-state index contributed by atoms with van der Waals surface area (Å²) in [5, 5.41) is -0.427. The average Bonchev–Trinajstić information content (AvgIpc) is 2.43. The van der Waals surface area contributed by atoms with Crippen molar-refractivity contribution < 1.29 is 55.8 Å². The Morgan fingerprint density at radius 1 is 0.643 bits per heavy atom. The Morgan fingerprint density at radius 2 is 1.15 bits per heavy atom. The van der Waals surface area contributed by atoms with E-state index in [4.69, 9.17) is 36.7 Å². The number of hydrogen-bond acceptors (Lipinski definition) is 12. The molecule has 0 aromatic heterocycles. The van der Waals surface area contributed by atoms with E-state index < -0.39 is 105 Å². The van der Waals surface area contributed by atoms with Crippen LogP contribution in [0.1, 0.15) is 189 Å². The highest BCUT2D eigenvalue weighted by molar-refractivity contribution is 6.75. The smallest absolute Gasteiger partial charge is 0.329 e. The van der Waals surface area contributed by atoms with Crippen LogP contribution in [0.5, 0.6) is 0 Å². The molecule has 1 saturated heterocycles. The molecule has 0 spiro atoms. The number of hydrogen-bond donors (Lipinski definition) is 0. The molecule has 3 unspecified atom stereocenters. The molecule has 3 rings (SSSR count). The van der Waals surface area contributed by atoms with Crippen molar-refractivity contribution in [2.45, 2.75) is 310 Å². The first kappa shape index (κ1) is 76.2. The first-order valence-corrected chi connectivity index (χ1v) is 43.8. The van der Waals surface area contributed by atoms with E-state index in [9.17, 15) is 14.4 Å². The van der Waals surface area contributed by atoms with Crippen LogP contribution in [0.3, 0.4) is 0 Å². The zero-order chi connectivity index (χ0) is 64.7. The van der Waals surface area contributed by atoms with Crippen molar-refractivity contribution >= 4 is 56.7 Å². The molecule has 1 aliphatic carbocycles. The van der Waals surface area contributed by atoms with E-state index in [2.05, 4.69) is 188 Å². The predicted octanol–water partition coefficient (Wildman–Crippen LogP) is 16.4. The maximum atomic E-state index is 15.4. The number of ketones is 2. The first-order chi connectivity index (χ1) is 38.2. The number of rotatable bonds is 14. The number of Topliss-reactive ketones (excluding diaryl/α,β-unsaturated/α-hetero) is 2. The number of carbonyl (C=O) groups excluding carboxylic acids is 4. The van der Waals surface area contributed by atoms with Gasteiger partial charge in [0.1, 0.15) is 12.1 Å². The van der Waals surface area contributed by atoms with Crippen LogP contribution in [0.15, 0.2) is 35.1 Å². The number of allylic oxidation sites excluding steroid dienone is 3. The number of nitrogens with zero attached hydrogens (tertiary/aromatic N) is 1. The Morgan fingerprint density at radius 3 is 1.67 bits per heavy atom. The minimum absolute atomic E-state index is 0.0331. The van der Waals surface area contributed by atoms with E-state index >= 15 is 4.79 Å². The van der Waals surface area contributed by atoms with Crippen molar-refractivity contribution in [3.8, 4) is 0 Å². The average molecular weight is 1250 g/mol. The van der Waals surface area contributed by atoms with Gasteiger partial charge in [-0.25, -0.2) is 4.79 Å². The third-order valence-electron chi connectivity index (χ3n) is 20.9. The molecule has 0 N–H and O–H groups in total. The number of ether oxygens (including phenoxy) is 4. The molecular formula is C67H125NO12Si4. The van der Waals surface area contributed by atoms with E-state index in [0.29, 0.717) is 19.3 Å². The summed E-state index contributed by atoms with van der Waals surface area (Å²) in [6, 6.07) is -1.09. The second kappa shape index (κ2) is 30.2. The molecule has 486 valence electrons. The van der Waals surface area contributed by atoms with Crippen LogP contribution in [0.2, 0.25) is 72.5 Å². The molecule has 2 aliphatic heterocycles. The summed E-state index contributed by atoms with van der Waals surface area (Å²) >= 11 is 0. The van der Waals surface area contributed by atoms with Crippen LogP contribution in [-0.2, 0) is 55.8 Å². The number of cyclic esters (lactones) is 1. The summed E-state index contributed by atoms with van der Waals surface area (Å²) in [4.78, 5) is 60.3. The fourth-order valence-electron chi connectivity index (χ4n) is 11.1. The first-order valence-electron chi connectivity index (χ1n) is 32.2. The van der Waals surface area contributed by atoms with E-state index in [1.807, 2.05) is 0 Å². The third kappa shape index (κ3) is 20.0. The van der Waals surface area contributed by atoms with Gasteiger partial charge in [0.15, 0.2) is 25.0 Å². The fraction of sp³-hybridized carbons (Fsp3) is 0.851. The molecule has 0 radical (unpaired) electrons. The van der Waals surface area contributed by atoms with Crippen LogP contribution in [0.25, 0.3) is 0 Å². The molecule has 0 aromatic carbocycles. The van der Waals surface area contributed by atoms with Gasteiger partial charge in [0.25, 0.3) is 11.7 Å². The maximum Gasteiger partial charge on any atom is 0.329 e. The molecular weight excluding hydrogens is 1120 g/mol. The van der Waals surface area contributed by atoms with Crippen molar-refractivity contribution in [3.05, 3.63) is 35.1 Å². The highest BCUT2D eigenvalue weighted by atomic mass is 28.4. The highest BCUT2D eigenvalue weighted by Crippen LogP contribution is 2.45. The van der Waals surface area contributed by atoms with Crippen LogP contribution in [0, 0.1) is 29.6 Å². The Kier molecular flexibility index (Phi) is 27.4. The van der Waals surface area contributed by atoms with Crippen molar-refractivity contribution in [2.75, 3.05) is 27.9 Å². The van der Waals surface area contributed by atoms with E-state index in [1.165, 1.54) is 10.5 Å². The largest absolute Gasteiger partial charge is 0.546 e. The number of piperidine rings is 1. The lowest BCUT2D eigenvalue weighted by Gasteiger charge is -2.44. The summed E-state index contributed by atoms with van der Waals surface area (Å²) in [5.41, 5.74) is 2.09. The molecule has 0 bridgehead atoms. The van der Waals surface area contributed by atoms with Crippen molar-refractivity contribution in [2.24, 2.45) is 29.6 Å². The van der Waals surface area contributed by atoms with Gasteiger partial charge in [0, 0.05) is 45.6 Å². The lowest BCUT2D eigenvalue weighted by atomic mass is 9.82. The van der Waals surface area contributed by atoms with Gasteiger partial charge in [0.2, 0.25) is 14.1 Å². The summed E-state index contributed by atoms with van der Waals surface area (Å²) in [5.74, 6) is -3.95. The molecule has 17 heteroatoms. The fourth-order valence-corrected chi connectivity index (χ4v) is 16.3. The zero-order valence-electron chi connectivity index (χ0n) is 58.9. The molecule has 3 aliphatic rings. The molecule has 1 amide bonds. The van der Waals surface area contributed by atoms with Gasteiger partial charge in [-0.1, -0.05) is 129 Å². The van der Waals surface area contributed by atoms with Crippen LogP contribution in [-0.4, -0.2) is 138 Å². The SMILES string of the molecule is CC[C@@H]1/C=C(\C)C[C@H](C)C[C@H](OC)C(O[Si](C)(C)C(C)(C)C)[C@@H](OC)C[C@@H](C)C(=O)C(=O)C(=O)N2CCCC[C@H]2C(=O)O[C@H](/C(C)=C/C2CC[C@@H](O[Si](C)(C)C(C)(C)C)[C@H](OC)C2)[C@H](C)C(O[Si](C)(C)C(C)(C)C)/C=C\1O[Si](C)(C)C(C)(C)C. The number of amides is 1. The van der Waals surface area contributed by atoms with Gasteiger partial charge >= 0.3 is 5.97 Å². The van der Waals surface area contributed by atoms with Crippen LogP contribution >= 0.6 is 0 Å². The molecule has 2 fully saturated rings. The highest BCUT2D eigenvalue weighted by Gasteiger charge is 2.49. The standard InChI is InChI=1S/C67H125NO12Si4/c1-30-50-38-44(2)37-45(3)39-56(74-20)61(80-84(28,29)67(16,17)18)57(75-21)41-46(4)58(69)59(70)62(71)68-36-32-31-33-51(68)63(72)76-60(47(5)40-49-34-35-52(55(42-49)73-19)77-81(22,23)64(7,8)9)48(6)53(78-82(24,25)65(10,11)12)43-54(50)79-83(26,27)66(13,14)15/h38,40,43,45-46,48-53,55-57,60-61H,30-37,39,41-42H2,1-29H3/b44-38+,47-40+,54-43+/t45-,46+,48+,49?,50+,51-,52+,53?,55+,56-,57-,60+,61?/m0/s1. The quantitative estimate of drug-likeness (QED) is 0.0706. The summed E-state index contributed by atoms with van der Waals surface area (Å²) < 4.78 is 55.4. The normalized spacial score (nSPS) is 31.8. The minimum Gasteiger partial charge on any atom is -0.546 e. The molecule has 13 atom stereocenters. The van der Waals surface area contributed by atoms with Gasteiger partial charge in [-0.2, -0.15) is 0 Å². The molecule has 13 nitrogen and oxygen atoms in total. The lowest BCUT2D eigenvalue weighted by Crippen LogP contribution is -2.54. The van der Waals surface area contributed by atoms with Gasteiger partial charge in [-0.3, -0.25) is 14.4 Å². The van der Waals surface area contributed by atoms with Crippen molar-refractivity contribution in [1.82, 2.24) is 4.90 Å². The number of fused-ring (bicyclic) bond motifs is 1. The molecule has 2 heterocycles. The molecule has 84 heavy (non-hydrogen) atoms. The summed E-state index contributed by atoms with van der Waals surface area (Å²) in [7, 11) is -4.61. The lowest BCUT2D eigenvalue weighted by molar-refractivity contribution is -0.165.